The molecule has 1 nitrogen and oxygen atoms in total. The third-order valence-electron chi connectivity index (χ3n) is 15.4. The molecule has 2 aliphatic rings. The molecule has 0 bridgehead atoms. The van der Waals surface area contributed by atoms with Crippen LogP contribution in [-0.4, -0.2) is 0 Å². The van der Waals surface area contributed by atoms with Gasteiger partial charge in [0.05, 0.1) is 10.8 Å². The molecule has 1 atom stereocenters. The predicted molar refractivity (Wildman–Crippen MR) is 292 cm³/mol. The number of benzene rings is 9. The summed E-state index contributed by atoms with van der Waals surface area (Å²) in [6.45, 7) is 6.84. The molecular formula is C68H63N. The molecule has 2 aliphatic carbocycles. The Morgan fingerprint density at radius 3 is 1.01 bits per heavy atom. The number of rotatable bonds is 16. The first-order chi connectivity index (χ1) is 34.1. The first-order valence-corrected chi connectivity index (χ1v) is 25.8. The van der Waals surface area contributed by atoms with Gasteiger partial charge in [0.1, 0.15) is 0 Å². The second-order valence-corrected chi connectivity index (χ2v) is 19.5. The number of hydrogen-bond donors (Lipinski definition) is 0. The van der Waals surface area contributed by atoms with Crippen LogP contribution in [0.25, 0.3) is 22.3 Å². The smallest absolute Gasteiger partial charge is 0.0714 e. The molecule has 0 spiro atoms. The summed E-state index contributed by atoms with van der Waals surface area (Å²) in [4.78, 5) is 2.50. The van der Waals surface area contributed by atoms with Crippen molar-refractivity contribution in [1.82, 2.24) is 0 Å². The third kappa shape index (κ3) is 7.55. The Morgan fingerprint density at radius 1 is 0.290 bits per heavy atom. The van der Waals surface area contributed by atoms with Crippen molar-refractivity contribution in [2.45, 2.75) is 89.4 Å². The highest BCUT2D eigenvalue weighted by atomic mass is 15.1. The lowest BCUT2D eigenvalue weighted by Gasteiger charge is -2.36. The van der Waals surface area contributed by atoms with Crippen molar-refractivity contribution < 1.29 is 0 Å². The van der Waals surface area contributed by atoms with Gasteiger partial charge >= 0.3 is 0 Å². The zero-order valence-corrected chi connectivity index (χ0v) is 40.6. The average Bonchev–Trinajstić information content (AvgIpc) is 3.88. The second kappa shape index (κ2) is 19.0. The molecule has 0 aromatic heterocycles. The van der Waals surface area contributed by atoms with Crippen LogP contribution in [0.15, 0.2) is 218 Å². The van der Waals surface area contributed by atoms with E-state index in [0.29, 0.717) is 0 Å². The fraction of sp³-hybridized carbons (Fsp3) is 0.206. The second-order valence-electron chi connectivity index (χ2n) is 19.5. The van der Waals surface area contributed by atoms with Gasteiger partial charge in [-0.2, -0.15) is 0 Å². The fourth-order valence-electron chi connectivity index (χ4n) is 12.0. The summed E-state index contributed by atoms with van der Waals surface area (Å²) in [6, 6.07) is 84.0. The first-order valence-electron chi connectivity index (χ1n) is 25.8. The predicted octanol–water partition coefficient (Wildman–Crippen LogP) is 17.9. The van der Waals surface area contributed by atoms with E-state index in [0.717, 1.165) is 36.3 Å². The molecule has 0 aliphatic heterocycles. The maximum atomic E-state index is 2.53. The Balaban J connectivity index is 1.14. The third-order valence-corrected chi connectivity index (χ3v) is 15.4. The number of nitrogens with zero attached hydrogens (tertiary/aromatic N) is 1. The minimum absolute atomic E-state index is 0.518. The van der Waals surface area contributed by atoms with Crippen molar-refractivity contribution in [3.05, 3.63) is 280 Å². The van der Waals surface area contributed by atoms with Crippen LogP contribution in [-0.2, 0) is 30.1 Å². The molecule has 9 aromatic rings. The number of anilines is 3. The lowest BCUT2D eigenvalue weighted by Crippen LogP contribution is -2.29. The average molecular weight is 894 g/mol. The normalized spacial score (nSPS) is 15.0. The molecule has 0 N–H and O–H groups in total. The van der Waals surface area contributed by atoms with Crippen molar-refractivity contribution in [2.24, 2.45) is 0 Å². The van der Waals surface area contributed by atoms with Gasteiger partial charge in [0.15, 0.2) is 0 Å². The van der Waals surface area contributed by atoms with Crippen LogP contribution in [0.3, 0.4) is 0 Å². The molecule has 1 heteroatoms. The summed E-state index contributed by atoms with van der Waals surface area (Å²) in [5.41, 5.74) is 22.2. The molecule has 0 fully saturated rings. The van der Waals surface area contributed by atoms with Gasteiger partial charge in [-0.15, -0.1) is 0 Å². The largest absolute Gasteiger partial charge is 0.310 e. The van der Waals surface area contributed by atoms with Gasteiger partial charge in [0.2, 0.25) is 0 Å². The quantitative estimate of drug-likeness (QED) is 0.0934. The lowest BCUT2D eigenvalue weighted by molar-refractivity contribution is 0.759. The minimum atomic E-state index is -0.526. The molecule has 9 aromatic carbocycles. The SMILES string of the molecule is CCCCc1ccc(C2(c3ccccc3)c3ccccc3-c3ccc(N(c4ccccc4)c4ccc5c(c4)C(c4ccc(CCCC)cc4)(c4ccc(CCCC)cc4)c4ccccc4-5)cc32)cc1. The molecule has 340 valence electrons. The fourth-order valence-corrected chi connectivity index (χ4v) is 12.0. The first kappa shape index (κ1) is 44.3. The lowest BCUT2D eigenvalue weighted by atomic mass is 9.67. The van der Waals surface area contributed by atoms with Crippen LogP contribution >= 0.6 is 0 Å². The van der Waals surface area contributed by atoms with Crippen molar-refractivity contribution in [3.63, 3.8) is 0 Å². The Hall–Kier alpha value is -7.22. The number of fused-ring (bicyclic) bond motifs is 6. The number of aryl methyl sites for hydroxylation is 3. The van der Waals surface area contributed by atoms with E-state index in [9.17, 15) is 0 Å². The van der Waals surface area contributed by atoms with Crippen molar-refractivity contribution in [2.75, 3.05) is 4.90 Å². The van der Waals surface area contributed by atoms with Crippen molar-refractivity contribution in [3.8, 4) is 22.3 Å². The van der Waals surface area contributed by atoms with Crippen molar-refractivity contribution >= 4 is 17.1 Å². The van der Waals surface area contributed by atoms with Gasteiger partial charge in [-0.25, -0.2) is 0 Å². The van der Waals surface area contributed by atoms with E-state index in [1.807, 2.05) is 0 Å². The van der Waals surface area contributed by atoms with Crippen LogP contribution in [0.5, 0.6) is 0 Å². The Bertz CT molecular complexity index is 3150. The summed E-state index contributed by atoms with van der Waals surface area (Å²) >= 11 is 0. The maximum absolute atomic E-state index is 2.53. The summed E-state index contributed by atoms with van der Waals surface area (Å²) < 4.78 is 0. The molecule has 0 amide bonds. The Kier molecular flexibility index (Phi) is 12.2. The number of unbranched alkanes of at least 4 members (excludes halogenated alkanes) is 3. The van der Waals surface area contributed by atoms with Gasteiger partial charge in [-0.3, -0.25) is 0 Å². The topological polar surface area (TPSA) is 3.24 Å². The summed E-state index contributed by atoms with van der Waals surface area (Å²) in [5.74, 6) is 0. The van der Waals surface area contributed by atoms with E-state index in [2.05, 4.69) is 244 Å². The standard InChI is InChI=1S/C68H63N/c1-4-7-20-49-31-37-53(38-32-49)67(52-23-12-10-13-24-52)63-29-18-16-27-59(63)61-45-43-57(47-65(61)67)69(56-25-14-11-15-26-56)58-44-46-62-60-28-17-19-30-64(60)68(66(62)48-58,54-39-33-50(34-40-54)21-8-5-2)55-41-35-51(36-42-55)22-9-6-3/h10-19,23-48H,4-9,20-22H2,1-3H3. The van der Waals surface area contributed by atoms with Gasteiger partial charge in [-0.1, -0.05) is 222 Å². The highest BCUT2D eigenvalue weighted by Crippen LogP contribution is 2.59. The zero-order valence-electron chi connectivity index (χ0n) is 40.6. The van der Waals surface area contributed by atoms with Crippen LogP contribution in [0.4, 0.5) is 17.1 Å². The van der Waals surface area contributed by atoms with E-state index in [1.165, 1.54) is 122 Å². The van der Waals surface area contributed by atoms with E-state index in [1.54, 1.807) is 0 Å². The Morgan fingerprint density at radius 2 is 0.623 bits per heavy atom. The highest BCUT2D eigenvalue weighted by molar-refractivity contribution is 5.92. The van der Waals surface area contributed by atoms with Crippen LogP contribution in [0.2, 0.25) is 0 Å². The molecule has 11 rings (SSSR count). The number of hydrogen-bond acceptors (Lipinski definition) is 1. The molecule has 1 unspecified atom stereocenters. The van der Waals surface area contributed by atoms with Gasteiger partial charge in [-0.05, 0) is 158 Å². The minimum Gasteiger partial charge on any atom is -0.310 e. The molecule has 69 heavy (non-hydrogen) atoms. The summed E-state index contributed by atoms with van der Waals surface area (Å²) in [7, 11) is 0. The summed E-state index contributed by atoms with van der Waals surface area (Å²) in [6.07, 6.45) is 10.4. The molecule has 0 radical (unpaired) electrons. The van der Waals surface area contributed by atoms with Gasteiger partial charge < -0.3 is 4.90 Å². The molecular weight excluding hydrogens is 831 g/mol. The van der Waals surface area contributed by atoms with E-state index >= 15 is 0 Å². The maximum Gasteiger partial charge on any atom is 0.0714 e. The van der Waals surface area contributed by atoms with Gasteiger partial charge in [0.25, 0.3) is 0 Å². The van der Waals surface area contributed by atoms with E-state index in [-0.39, 0.29) is 0 Å². The zero-order chi connectivity index (χ0) is 46.8. The monoisotopic (exact) mass is 893 g/mol. The van der Waals surface area contributed by atoms with E-state index < -0.39 is 10.8 Å². The van der Waals surface area contributed by atoms with Crippen molar-refractivity contribution in [1.29, 1.82) is 0 Å². The van der Waals surface area contributed by atoms with Crippen LogP contribution in [0.1, 0.15) is 120 Å². The highest BCUT2D eigenvalue weighted by Gasteiger charge is 2.48. The molecule has 0 saturated heterocycles. The number of para-hydroxylation sites is 1. The Labute approximate surface area is 411 Å². The van der Waals surface area contributed by atoms with Crippen LogP contribution in [0, 0.1) is 0 Å². The summed E-state index contributed by atoms with van der Waals surface area (Å²) in [5, 5.41) is 0. The molecule has 0 heterocycles. The van der Waals surface area contributed by atoms with Gasteiger partial charge in [0, 0.05) is 17.1 Å². The van der Waals surface area contributed by atoms with E-state index in [4.69, 9.17) is 0 Å². The van der Waals surface area contributed by atoms with Crippen LogP contribution < -0.4 is 4.90 Å². The molecule has 0 saturated carbocycles.